The van der Waals surface area contributed by atoms with Gasteiger partial charge in [0.1, 0.15) is 5.75 Å². The van der Waals surface area contributed by atoms with E-state index < -0.39 is 33.7 Å². The van der Waals surface area contributed by atoms with E-state index in [1.54, 1.807) is 37.3 Å². The van der Waals surface area contributed by atoms with Gasteiger partial charge < -0.3 is 19.7 Å². The molecule has 0 aliphatic carbocycles. The standard InChI is InChI=1S/C33H37Cl2N5O6S.ClH/c1-3-46-27-18-21(2)28(47(43,44)40-14-16-45-17-15-40)19-26(27)33(32(42)39-13-12-36-29(41)20-39)37-30(22-4-8-24(34)9-5-22)31(38-33)23-6-10-25(35)11-7-23;/h4-11,18-19,30-31,37-38H,3,12-17,20H2,1-2H3,(H,36,41);1H/t30-,31+,33?;. The fourth-order valence-corrected chi connectivity index (χ4v) is 8.34. The molecule has 3 aliphatic rings. The summed E-state index contributed by atoms with van der Waals surface area (Å²) in [5.41, 5.74) is 0.714. The molecule has 3 N–H and O–H groups in total. The summed E-state index contributed by atoms with van der Waals surface area (Å²) in [6.07, 6.45) is 0. The first-order valence-corrected chi connectivity index (χ1v) is 17.7. The lowest BCUT2D eigenvalue weighted by atomic mass is 9.95. The van der Waals surface area contributed by atoms with Crippen LogP contribution in [0, 0.1) is 6.92 Å². The number of hydrogen-bond donors (Lipinski definition) is 3. The molecule has 0 bridgehead atoms. The minimum atomic E-state index is -3.98. The number of halogens is 3. The van der Waals surface area contributed by atoms with Crippen LogP contribution in [0.25, 0.3) is 0 Å². The van der Waals surface area contributed by atoms with Crippen molar-refractivity contribution in [2.45, 2.75) is 36.5 Å². The largest absolute Gasteiger partial charge is 0.493 e. The van der Waals surface area contributed by atoms with Crippen LogP contribution in [0.2, 0.25) is 10.0 Å². The van der Waals surface area contributed by atoms with Gasteiger partial charge in [-0.15, -0.1) is 12.4 Å². The van der Waals surface area contributed by atoms with E-state index in [-0.39, 0.29) is 75.8 Å². The minimum absolute atomic E-state index is 0. The molecular formula is C33H38Cl3N5O6S. The Kier molecular flexibility index (Phi) is 11.3. The summed E-state index contributed by atoms with van der Waals surface area (Å²) < 4.78 is 41.2. The Morgan fingerprint density at radius 2 is 1.52 bits per heavy atom. The van der Waals surface area contributed by atoms with Crippen LogP contribution in [0.5, 0.6) is 5.75 Å². The van der Waals surface area contributed by atoms with Gasteiger partial charge in [0.2, 0.25) is 15.9 Å². The molecule has 15 heteroatoms. The monoisotopic (exact) mass is 737 g/mol. The highest BCUT2D eigenvalue weighted by atomic mass is 35.5. The molecule has 2 amide bonds. The van der Waals surface area contributed by atoms with E-state index in [1.807, 2.05) is 31.2 Å². The van der Waals surface area contributed by atoms with Crippen molar-refractivity contribution in [2.75, 3.05) is 52.5 Å². The maximum Gasteiger partial charge on any atom is 0.263 e. The third-order valence-corrected chi connectivity index (χ3v) is 11.3. The van der Waals surface area contributed by atoms with Gasteiger partial charge in [0, 0.05) is 41.8 Å². The first-order chi connectivity index (χ1) is 22.5. The first-order valence-electron chi connectivity index (χ1n) is 15.5. The van der Waals surface area contributed by atoms with Gasteiger partial charge in [0.15, 0.2) is 5.66 Å². The minimum Gasteiger partial charge on any atom is -0.493 e. The number of sulfonamides is 1. The maximum absolute atomic E-state index is 15.0. The number of carbonyl (C=O) groups is 2. The topological polar surface area (TPSA) is 129 Å². The Hall–Kier alpha value is -2.94. The first kappa shape index (κ1) is 36.3. The normalized spacial score (nSPS) is 23.3. The van der Waals surface area contributed by atoms with E-state index in [0.717, 1.165) is 11.1 Å². The molecule has 3 aromatic rings. The van der Waals surface area contributed by atoms with Crippen molar-refractivity contribution in [3.63, 3.8) is 0 Å². The Morgan fingerprint density at radius 3 is 2.04 bits per heavy atom. The van der Waals surface area contributed by atoms with Crippen LogP contribution >= 0.6 is 35.6 Å². The summed E-state index contributed by atoms with van der Waals surface area (Å²) in [5.74, 6) is -0.388. The quantitative estimate of drug-likeness (QED) is 0.318. The molecule has 3 fully saturated rings. The van der Waals surface area contributed by atoms with E-state index >= 15 is 0 Å². The van der Waals surface area contributed by atoms with Crippen LogP contribution in [0.4, 0.5) is 0 Å². The maximum atomic E-state index is 15.0. The smallest absolute Gasteiger partial charge is 0.263 e. The summed E-state index contributed by atoms with van der Waals surface area (Å²) in [6.45, 7) is 5.19. The molecular weight excluding hydrogens is 701 g/mol. The molecule has 1 unspecified atom stereocenters. The van der Waals surface area contributed by atoms with Crippen molar-refractivity contribution >= 4 is 57.4 Å². The number of morpholine rings is 1. The van der Waals surface area contributed by atoms with Gasteiger partial charge in [0.05, 0.1) is 43.3 Å². The molecule has 3 heterocycles. The van der Waals surface area contributed by atoms with Crippen molar-refractivity contribution in [3.05, 3.63) is 93.0 Å². The number of nitrogens with one attached hydrogen (secondary N) is 3. The lowest BCUT2D eigenvalue weighted by Gasteiger charge is -2.38. The molecule has 3 atom stereocenters. The number of ether oxygens (including phenoxy) is 2. The van der Waals surface area contributed by atoms with Gasteiger partial charge in [-0.05, 0) is 66.9 Å². The van der Waals surface area contributed by atoms with Crippen LogP contribution in [-0.2, 0) is 30.0 Å². The summed E-state index contributed by atoms with van der Waals surface area (Å²) in [4.78, 5) is 29.1. The lowest BCUT2D eigenvalue weighted by Crippen LogP contribution is -2.62. The number of piperazine rings is 1. The van der Waals surface area contributed by atoms with E-state index in [9.17, 15) is 18.0 Å². The van der Waals surface area contributed by atoms with Gasteiger partial charge in [-0.25, -0.2) is 8.42 Å². The Balaban J connectivity index is 0.00000451. The van der Waals surface area contributed by atoms with Crippen molar-refractivity contribution in [2.24, 2.45) is 0 Å². The van der Waals surface area contributed by atoms with Gasteiger partial charge in [-0.1, -0.05) is 47.5 Å². The Labute approximate surface area is 296 Å². The second kappa shape index (κ2) is 14.9. The third-order valence-electron chi connectivity index (χ3n) is 8.75. The van der Waals surface area contributed by atoms with Gasteiger partial charge in [-0.3, -0.25) is 20.2 Å². The fourth-order valence-electron chi connectivity index (χ4n) is 6.44. The van der Waals surface area contributed by atoms with Crippen LogP contribution in [0.15, 0.2) is 65.6 Å². The average molecular weight is 739 g/mol. The van der Waals surface area contributed by atoms with E-state index in [1.165, 1.54) is 15.3 Å². The molecule has 6 rings (SSSR count). The highest BCUT2D eigenvalue weighted by Crippen LogP contribution is 2.46. The highest BCUT2D eigenvalue weighted by Gasteiger charge is 2.55. The molecule has 0 aromatic heterocycles. The zero-order chi connectivity index (χ0) is 33.3. The average Bonchev–Trinajstić information content (AvgIpc) is 3.47. The van der Waals surface area contributed by atoms with E-state index in [2.05, 4.69) is 16.0 Å². The molecule has 0 spiro atoms. The zero-order valence-corrected chi connectivity index (χ0v) is 29.6. The number of amides is 2. The lowest BCUT2D eigenvalue weighted by molar-refractivity contribution is -0.144. The van der Waals surface area contributed by atoms with Gasteiger partial charge >= 0.3 is 0 Å². The van der Waals surface area contributed by atoms with Gasteiger partial charge in [-0.2, -0.15) is 4.31 Å². The predicted molar refractivity (Wildman–Crippen MR) is 185 cm³/mol. The van der Waals surface area contributed by atoms with Crippen molar-refractivity contribution < 1.29 is 27.5 Å². The van der Waals surface area contributed by atoms with Crippen LogP contribution in [-0.4, -0.2) is 82.0 Å². The number of aryl methyl sites for hydroxylation is 1. The summed E-state index contributed by atoms with van der Waals surface area (Å²) in [5, 5.41) is 11.1. The number of nitrogens with zero attached hydrogens (tertiary/aromatic N) is 2. The summed E-state index contributed by atoms with van der Waals surface area (Å²) >= 11 is 12.5. The molecule has 3 aliphatic heterocycles. The third kappa shape index (κ3) is 7.03. The second-order valence-corrected chi connectivity index (χ2v) is 14.5. The van der Waals surface area contributed by atoms with Crippen molar-refractivity contribution in [1.82, 2.24) is 25.2 Å². The molecule has 3 saturated heterocycles. The summed E-state index contributed by atoms with van der Waals surface area (Å²) in [6, 6.07) is 16.8. The fraction of sp³-hybridized carbons (Fsp3) is 0.394. The van der Waals surface area contributed by atoms with Crippen molar-refractivity contribution in [3.8, 4) is 5.75 Å². The SMILES string of the molecule is CCOc1cc(C)c(S(=O)(=O)N2CCOCC2)cc1C1(C(=O)N2CCNC(=O)C2)N[C@H](c2ccc(Cl)cc2)[C@H](c2ccc(Cl)cc2)N1.Cl. The van der Waals surface area contributed by atoms with E-state index in [0.29, 0.717) is 26.9 Å². The number of hydrogen-bond acceptors (Lipinski definition) is 8. The van der Waals surface area contributed by atoms with Crippen LogP contribution < -0.4 is 20.7 Å². The molecule has 0 radical (unpaired) electrons. The molecule has 258 valence electrons. The van der Waals surface area contributed by atoms with Crippen LogP contribution in [0.1, 0.15) is 41.3 Å². The van der Waals surface area contributed by atoms with Gasteiger partial charge in [0.25, 0.3) is 5.91 Å². The second-order valence-electron chi connectivity index (χ2n) is 11.7. The molecule has 0 saturated carbocycles. The molecule has 3 aromatic carbocycles. The predicted octanol–water partition coefficient (Wildman–Crippen LogP) is 3.93. The highest BCUT2D eigenvalue weighted by molar-refractivity contribution is 7.89. The Bertz CT molecular complexity index is 1700. The van der Waals surface area contributed by atoms with Crippen LogP contribution in [0.3, 0.4) is 0 Å². The number of benzene rings is 3. The molecule has 48 heavy (non-hydrogen) atoms. The summed E-state index contributed by atoms with van der Waals surface area (Å²) in [7, 11) is -3.98. The molecule has 11 nitrogen and oxygen atoms in total. The van der Waals surface area contributed by atoms with E-state index in [4.69, 9.17) is 32.7 Å². The number of carbonyl (C=O) groups excluding carboxylic acids is 2. The number of rotatable bonds is 8. The zero-order valence-electron chi connectivity index (χ0n) is 26.5. The Morgan fingerprint density at radius 1 is 0.958 bits per heavy atom. The van der Waals surface area contributed by atoms with Crippen molar-refractivity contribution in [1.29, 1.82) is 0 Å².